The van der Waals surface area contributed by atoms with Gasteiger partial charge in [-0.15, -0.1) is 0 Å². The summed E-state index contributed by atoms with van der Waals surface area (Å²) in [6.45, 7) is 6.65. The van der Waals surface area contributed by atoms with E-state index in [0.717, 1.165) is 77.0 Å². The number of unbranched alkanes of at least 4 members (excludes halogenated alkanes) is 42. The van der Waals surface area contributed by atoms with Crippen LogP contribution in [0, 0.1) is 0 Å². The second-order valence-corrected chi connectivity index (χ2v) is 23.1. The number of hydrogen-bond acceptors (Lipinski definition) is 6. The third kappa shape index (κ3) is 63.9. The molecule has 0 bridgehead atoms. The zero-order valence-corrected chi connectivity index (χ0v) is 52.2. The lowest BCUT2D eigenvalue weighted by Crippen LogP contribution is -2.30. The Labute approximate surface area is 485 Å². The molecule has 1 atom stereocenters. The normalized spacial score (nSPS) is 12.4. The molecule has 0 aliphatic carbocycles. The van der Waals surface area contributed by atoms with Gasteiger partial charge in [0.25, 0.3) is 0 Å². The summed E-state index contributed by atoms with van der Waals surface area (Å²) in [5, 5.41) is 0. The molecule has 0 N–H and O–H groups in total. The summed E-state index contributed by atoms with van der Waals surface area (Å²) >= 11 is 0. The van der Waals surface area contributed by atoms with Gasteiger partial charge in [-0.2, -0.15) is 0 Å². The number of carbonyl (C=O) groups excluding carboxylic acids is 3. The van der Waals surface area contributed by atoms with Gasteiger partial charge in [0.1, 0.15) is 13.2 Å². The minimum atomic E-state index is -0.782. The number of hydrogen-bond donors (Lipinski definition) is 0. The summed E-state index contributed by atoms with van der Waals surface area (Å²) in [7, 11) is 0. The van der Waals surface area contributed by atoms with Crippen LogP contribution in [0.2, 0.25) is 0 Å². The highest BCUT2D eigenvalue weighted by Gasteiger charge is 2.19. The Hall–Kier alpha value is -2.89. The quantitative estimate of drug-likeness (QED) is 0.0261. The van der Waals surface area contributed by atoms with E-state index in [0.29, 0.717) is 19.3 Å². The summed E-state index contributed by atoms with van der Waals surface area (Å²) < 4.78 is 17.0. The number of esters is 3. The number of carbonyl (C=O) groups is 3. The van der Waals surface area contributed by atoms with Crippen molar-refractivity contribution in [3.8, 4) is 0 Å². The molecule has 1 unspecified atom stereocenters. The van der Waals surface area contributed by atoms with E-state index in [2.05, 4.69) is 81.5 Å². The topological polar surface area (TPSA) is 78.9 Å². The fourth-order valence-electron chi connectivity index (χ4n) is 10.0. The fraction of sp³-hybridized carbons (Fsp3) is 0.819. The van der Waals surface area contributed by atoms with Crippen molar-refractivity contribution >= 4 is 17.9 Å². The van der Waals surface area contributed by atoms with E-state index in [-0.39, 0.29) is 31.1 Å². The summed E-state index contributed by atoms with van der Waals surface area (Å²) in [5.41, 5.74) is 0. The van der Waals surface area contributed by atoms with E-state index >= 15 is 0 Å². The van der Waals surface area contributed by atoms with Crippen LogP contribution in [0.15, 0.2) is 60.8 Å². The van der Waals surface area contributed by atoms with Gasteiger partial charge >= 0.3 is 17.9 Å². The first-order valence-electron chi connectivity index (χ1n) is 34.3. The smallest absolute Gasteiger partial charge is 0.306 e. The van der Waals surface area contributed by atoms with Crippen LogP contribution in [-0.2, 0) is 28.6 Å². The molecule has 0 aromatic heterocycles. The first-order valence-corrected chi connectivity index (χ1v) is 34.3. The Morgan fingerprint density at radius 3 is 0.731 bits per heavy atom. The van der Waals surface area contributed by atoms with Crippen molar-refractivity contribution in [2.45, 2.75) is 367 Å². The molecule has 0 aromatic carbocycles. The van der Waals surface area contributed by atoms with Crippen LogP contribution in [0.3, 0.4) is 0 Å². The van der Waals surface area contributed by atoms with E-state index in [9.17, 15) is 14.4 Å². The Bertz CT molecular complexity index is 1390. The zero-order valence-electron chi connectivity index (χ0n) is 52.2. The molecule has 0 heterocycles. The minimum absolute atomic E-state index is 0.0768. The molecule has 0 spiro atoms. The van der Waals surface area contributed by atoms with E-state index < -0.39 is 6.10 Å². The molecule has 0 rings (SSSR count). The van der Waals surface area contributed by atoms with Crippen molar-refractivity contribution in [2.75, 3.05) is 13.2 Å². The lowest BCUT2D eigenvalue weighted by Gasteiger charge is -2.18. The Balaban J connectivity index is 4.32. The van der Waals surface area contributed by atoms with Gasteiger partial charge in [-0.1, -0.05) is 293 Å². The lowest BCUT2D eigenvalue weighted by atomic mass is 10.0. The Morgan fingerprint density at radius 2 is 0.462 bits per heavy atom. The van der Waals surface area contributed by atoms with Crippen LogP contribution in [0.4, 0.5) is 0 Å². The molecule has 0 aliphatic rings. The first-order chi connectivity index (χ1) is 38.5. The average Bonchev–Trinajstić information content (AvgIpc) is 3.44. The number of allylic oxidation sites excluding steroid dienone is 10. The summed E-state index contributed by atoms with van der Waals surface area (Å²) in [6.07, 6.45) is 85.2. The second-order valence-electron chi connectivity index (χ2n) is 23.1. The molecule has 0 saturated heterocycles. The van der Waals surface area contributed by atoms with Gasteiger partial charge in [0.05, 0.1) is 0 Å². The molecule has 0 fully saturated rings. The zero-order chi connectivity index (χ0) is 56.4. The number of ether oxygens (including phenoxy) is 3. The van der Waals surface area contributed by atoms with Crippen LogP contribution >= 0.6 is 0 Å². The van der Waals surface area contributed by atoms with Gasteiger partial charge in [0, 0.05) is 19.3 Å². The Morgan fingerprint density at radius 1 is 0.256 bits per heavy atom. The monoisotopic (exact) mass is 1090 g/mol. The van der Waals surface area contributed by atoms with Crippen molar-refractivity contribution < 1.29 is 28.6 Å². The third-order valence-corrected chi connectivity index (χ3v) is 15.2. The molecule has 0 saturated carbocycles. The molecule has 0 aromatic rings. The number of rotatable bonds is 63. The van der Waals surface area contributed by atoms with E-state index in [1.165, 1.54) is 244 Å². The van der Waals surface area contributed by atoms with Gasteiger partial charge in [0.15, 0.2) is 6.10 Å². The SMILES string of the molecule is CCCCCC/C=C\C/C=C\CCCCCCCCCC(=O)OC(COC(=O)CCCCCCCCC/C=C\CCCCCCCC)COC(=O)CCCCCCCCCCCCCCC/C=C\C/C=C\CCCCCCC. The van der Waals surface area contributed by atoms with Gasteiger partial charge in [0.2, 0.25) is 0 Å². The molecule has 0 amide bonds. The molecule has 0 radical (unpaired) electrons. The maximum atomic E-state index is 12.9. The highest BCUT2D eigenvalue weighted by Crippen LogP contribution is 2.17. The highest BCUT2D eigenvalue weighted by molar-refractivity contribution is 5.71. The molecule has 454 valence electrons. The van der Waals surface area contributed by atoms with Gasteiger partial charge in [-0.3, -0.25) is 14.4 Å². The predicted octanol–water partition coefficient (Wildman–Crippen LogP) is 23.5. The van der Waals surface area contributed by atoms with Crippen LogP contribution in [0.25, 0.3) is 0 Å². The third-order valence-electron chi connectivity index (χ3n) is 15.2. The van der Waals surface area contributed by atoms with Crippen LogP contribution < -0.4 is 0 Å². The maximum Gasteiger partial charge on any atom is 0.306 e. The minimum Gasteiger partial charge on any atom is -0.462 e. The van der Waals surface area contributed by atoms with Crippen molar-refractivity contribution in [3.63, 3.8) is 0 Å². The van der Waals surface area contributed by atoms with Crippen LogP contribution in [0.5, 0.6) is 0 Å². The summed E-state index contributed by atoms with van der Waals surface area (Å²) in [5.74, 6) is -0.869. The highest BCUT2D eigenvalue weighted by atomic mass is 16.6. The largest absolute Gasteiger partial charge is 0.462 e. The molecular weight excluding hydrogens is 961 g/mol. The van der Waals surface area contributed by atoms with Gasteiger partial charge in [-0.05, 0) is 109 Å². The van der Waals surface area contributed by atoms with Crippen molar-refractivity contribution in [1.29, 1.82) is 0 Å². The molecular formula is C72H130O6. The van der Waals surface area contributed by atoms with Crippen LogP contribution in [0.1, 0.15) is 361 Å². The standard InChI is InChI=1S/C72H130O6/c1-4-7-10-13-16-19-22-25-28-31-33-34-35-36-37-38-39-42-44-47-50-53-56-59-62-65-71(74)77-68-69(67-76-70(73)64-61-58-55-52-49-46-43-40-30-27-24-21-18-15-12-9-6-3)78-72(75)66-63-60-57-54-51-48-45-41-32-29-26-23-20-17-14-11-8-5-2/h20,22-23,25,27,29-33,69H,4-19,21,24,26,28,34-68H2,1-3H3/b23-20-,25-22-,30-27-,32-29-,33-31-. The first kappa shape index (κ1) is 75.1. The summed E-state index contributed by atoms with van der Waals surface area (Å²) in [4.78, 5) is 38.4. The molecule has 78 heavy (non-hydrogen) atoms. The van der Waals surface area contributed by atoms with Crippen LogP contribution in [-0.4, -0.2) is 37.2 Å². The van der Waals surface area contributed by atoms with Gasteiger partial charge in [-0.25, -0.2) is 0 Å². The molecule has 6 nitrogen and oxygen atoms in total. The van der Waals surface area contributed by atoms with E-state index in [1.54, 1.807) is 0 Å². The van der Waals surface area contributed by atoms with Gasteiger partial charge < -0.3 is 14.2 Å². The fourth-order valence-corrected chi connectivity index (χ4v) is 10.0. The molecule has 0 aliphatic heterocycles. The average molecular weight is 1090 g/mol. The Kier molecular flexibility index (Phi) is 64.2. The van der Waals surface area contributed by atoms with E-state index in [1.807, 2.05) is 0 Å². The van der Waals surface area contributed by atoms with E-state index in [4.69, 9.17) is 14.2 Å². The maximum absolute atomic E-state index is 12.9. The van der Waals surface area contributed by atoms with Crippen molar-refractivity contribution in [2.24, 2.45) is 0 Å². The summed E-state index contributed by atoms with van der Waals surface area (Å²) in [6, 6.07) is 0. The van der Waals surface area contributed by atoms with Crippen molar-refractivity contribution in [3.05, 3.63) is 60.8 Å². The predicted molar refractivity (Wildman–Crippen MR) is 339 cm³/mol. The molecule has 6 heteroatoms. The lowest BCUT2D eigenvalue weighted by molar-refractivity contribution is -0.167. The van der Waals surface area contributed by atoms with Crippen molar-refractivity contribution in [1.82, 2.24) is 0 Å². The second kappa shape index (κ2) is 66.6.